The molecule has 0 bridgehead atoms. The van der Waals surface area contributed by atoms with Crippen molar-refractivity contribution in [1.29, 1.82) is 0 Å². The average Bonchev–Trinajstić information content (AvgIpc) is 2.61. The van der Waals surface area contributed by atoms with Gasteiger partial charge in [0.2, 0.25) is 5.91 Å². The van der Waals surface area contributed by atoms with E-state index in [9.17, 15) is 14.4 Å². The fourth-order valence-electron chi connectivity index (χ4n) is 2.88. The van der Waals surface area contributed by atoms with Crippen LogP contribution in [-0.2, 0) is 19.1 Å². The number of unbranched alkanes of at least 4 members (excludes halogenated alkanes) is 2. The molecule has 2 rings (SSSR count). The monoisotopic (exact) mass is 325 g/mol. The van der Waals surface area contributed by atoms with Crippen molar-refractivity contribution in [3.05, 3.63) is 0 Å². The van der Waals surface area contributed by atoms with E-state index in [2.05, 4.69) is 6.92 Å². The topological polar surface area (TPSA) is 70.2 Å². The number of carbonyl (C=O) groups is 3. The summed E-state index contributed by atoms with van der Waals surface area (Å²) in [6.07, 6.45) is 3.66. The molecule has 7 nitrogen and oxygen atoms in total. The number of rotatable bonds is 4. The molecule has 0 atom stereocenters. The van der Waals surface area contributed by atoms with Crippen LogP contribution in [0.5, 0.6) is 0 Å². The molecule has 0 N–H and O–H groups in total. The Kier molecular flexibility index (Phi) is 6.83. The predicted octanol–water partition coefficient (Wildman–Crippen LogP) is 0.0963. The van der Waals surface area contributed by atoms with Crippen LogP contribution in [0.1, 0.15) is 32.6 Å². The van der Waals surface area contributed by atoms with Gasteiger partial charge in [-0.15, -0.1) is 0 Å². The van der Waals surface area contributed by atoms with Gasteiger partial charge in [0.25, 0.3) is 0 Å². The van der Waals surface area contributed by atoms with Gasteiger partial charge in [0.15, 0.2) is 0 Å². The van der Waals surface area contributed by atoms with Crippen LogP contribution in [0.4, 0.5) is 0 Å². The van der Waals surface area contributed by atoms with E-state index in [0.717, 1.165) is 19.3 Å². The SMILES string of the molecule is CCCCCC(=O)N1CCN(C(=O)C(=O)N2CCOCC2)CC1. The van der Waals surface area contributed by atoms with Gasteiger partial charge in [-0.1, -0.05) is 19.8 Å². The maximum Gasteiger partial charge on any atom is 0.312 e. The maximum atomic E-state index is 12.3. The molecule has 2 heterocycles. The summed E-state index contributed by atoms with van der Waals surface area (Å²) < 4.78 is 5.19. The van der Waals surface area contributed by atoms with Gasteiger partial charge < -0.3 is 19.4 Å². The van der Waals surface area contributed by atoms with Crippen molar-refractivity contribution in [1.82, 2.24) is 14.7 Å². The fraction of sp³-hybridized carbons (Fsp3) is 0.812. The Labute approximate surface area is 137 Å². The molecule has 3 amide bonds. The second-order valence-electron chi connectivity index (χ2n) is 6.03. The van der Waals surface area contributed by atoms with Crippen molar-refractivity contribution in [2.45, 2.75) is 32.6 Å². The quantitative estimate of drug-likeness (QED) is 0.543. The normalized spacial score (nSPS) is 18.9. The molecule has 0 saturated carbocycles. The lowest BCUT2D eigenvalue weighted by Crippen LogP contribution is -2.55. The van der Waals surface area contributed by atoms with Crippen LogP contribution in [0.15, 0.2) is 0 Å². The number of nitrogens with zero attached hydrogens (tertiary/aromatic N) is 3. The fourth-order valence-corrected chi connectivity index (χ4v) is 2.88. The molecule has 0 aromatic carbocycles. The lowest BCUT2D eigenvalue weighted by Gasteiger charge is -2.36. The Bertz CT molecular complexity index is 427. The number of hydrogen-bond acceptors (Lipinski definition) is 4. The summed E-state index contributed by atoms with van der Waals surface area (Å²) in [5.41, 5.74) is 0. The minimum atomic E-state index is -0.454. The van der Waals surface area contributed by atoms with E-state index < -0.39 is 11.8 Å². The van der Waals surface area contributed by atoms with E-state index >= 15 is 0 Å². The molecule has 7 heteroatoms. The highest BCUT2D eigenvalue weighted by Gasteiger charge is 2.31. The molecular weight excluding hydrogens is 298 g/mol. The van der Waals surface area contributed by atoms with E-state index in [-0.39, 0.29) is 5.91 Å². The Morgan fingerprint density at radius 1 is 0.783 bits per heavy atom. The highest BCUT2D eigenvalue weighted by molar-refractivity contribution is 6.34. The first-order valence-corrected chi connectivity index (χ1v) is 8.57. The van der Waals surface area contributed by atoms with Crippen LogP contribution < -0.4 is 0 Å². The van der Waals surface area contributed by atoms with Crippen molar-refractivity contribution < 1.29 is 19.1 Å². The molecule has 2 saturated heterocycles. The Balaban J connectivity index is 1.75. The number of amides is 3. The molecule has 0 aromatic heterocycles. The van der Waals surface area contributed by atoms with Crippen LogP contribution >= 0.6 is 0 Å². The standard InChI is InChI=1S/C16H27N3O4/c1-2-3-4-5-14(20)17-6-8-18(9-7-17)15(21)16(22)19-10-12-23-13-11-19/h2-13H2,1H3. The third-order valence-corrected chi connectivity index (χ3v) is 4.40. The number of ether oxygens (including phenoxy) is 1. The van der Waals surface area contributed by atoms with Crippen LogP contribution in [-0.4, -0.2) is 84.9 Å². The van der Waals surface area contributed by atoms with Gasteiger partial charge >= 0.3 is 11.8 Å². The van der Waals surface area contributed by atoms with Gasteiger partial charge in [0, 0.05) is 45.7 Å². The summed E-state index contributed by atoms with van der Waals surface area (Å²) in [4.78, 5) is 41.4. The molecule has 0 aromatic rings. The van der Waals surface area contributed by atoms with Crippen molar-refractivity contribution >= 4 is 17.7 Å². The van der Waals surface area contributed by atoms with Gasteiger partial charge in [-0.25, -0.2) is 0 Å². The van der Waals surface area contributed by atoms with Crippen molar-refractivity contribution in [2.75, 3.05) is 52.5 Å². The predicted molar refractivity (Wildman–Crippen MR) is 84.7 cm³/mol. The van der Waals surface area contributed by atoms with E-state index in [1.165, 1.54) is 0 Å². The van der Waals surface area contributed by atoms with E-state index in [1.807, 2.05) is 0 Å². The van der Waals surface area contributed by atoms with Crippen LogP contribution in [0, 0.1) is 0 Å². The van der Waals surface area contributed by atoms with E-state index in [0.29, 0.717) is 58.9 Å². The second kappa shape index (κ2) is 8.86. The Morgan fingerprint density at radius 3 is 1.87 bits per heavy atom. The largest absolute Gasteiger partial charge is 0.378 e. The van der Waals surface area contributed by atoms with Crippen LogP contribution in [0.25, 0.3) is 0 Å². The molecule has 0 unspecified atom stereocenters. The average molecular weight is 325 g/mol. The van der Waals surface area contributed by atoms with Gasteiger partial charge in [-0.05, 0) is 6.42 Å². The number of morpholine rings is 1. The minimum absolute atomic E-state index is 0.157. The molecule has 0 aliphatic carbocycles. The summed E-state index contributed by atoms with van der Waals surface area (Å²) in [7, 11) is 0. The van der Waals surface area contributed by atoms with Gasteiger partial charge in [-0.2, -0.15) is 0 Å². The summed E-state index contributed by atoms with van der Waals surface area (Å²) in [5.74, 6) is -0.744. The highest BCUT2D eigenvalue weighted by atomic mass is 16.5. The lowest BCUT2D eigenvalue weighted by molar-refractivity contribution is -0.155. The third-order valence-electron chi connectivity index (χ3n) is 4.40. The molecule has 0 spiro atoms. The summed E-state index contributed by atoms with van der Waals surface area (Å²) in [6, 6.07) is 0. The van der Waals surface area contributed by atoms with Gasteiger partial charge in [0.1, 0.15) is 0 Å². The maximum absolute atomic E-state index is 12.3. The summed E-state index contributed by atoms with van der Waals surface area (Å²) in [6.45, 7) is 5.95. The van der Waals surface area contributed by atoms with Crippen molar-refractivity contribution in [2.24, 2.45) is 0 Å². The van der Waals surface area contributed by atoms with Crippen LogP contribution in [0.2, 0.25) is 0 Å². The van der Waals surface area contributed by atoms with Gasteiger partial charge in [-0.3, -0.25) is 14.4 Å². The smallest absolute Gasteiger partial charge is 0.312 e. The Morgan fingerprint density at radius 2 is 1.30 bits per heavy atom. The van der Waals surface area contributed by atoms with Crippen molar-refractivity contribution in [3.8, 4) is 0 Å². The highest BCUT2D eigenvalue weighted by Crippen LogP contribution is 2.09. The first-order valence-electron chi connectivity index (χ1n) is 8.57. The molecule has 23 heavy (non-hydrogen) atoms. The number of piperazine rings is 1. The zero-order valence-electron chi connectivity index (χ0n) is 14.0. The zero-order valence-corrected chi connectivity index (χ0v) is 14.0. The zero-order chi connectivity index (χ0) is 16.7. The Hall–Kier alpha value is -1.63. The number of hydrogen-bond donors (Lipinski definition) is 0. The molecule has 2 aliphatic heterocycles. The molecule has 2 fully saturated rings. The first kappa shape index (κ1) is 17.7. The third kappa shape index (κ3) is 4.92. The van der Waals surface area contributed by atoms with Crippen molar-refractivity contribution in [3.63, 3.8) is 0 Å². The van der Waals surface area contributed by atoms with E-state index in [1.54, 1.807) is 14.7 Å². The van der Waals surface area contributed by atoms with E-state index in [4.69, 9.17) is 4.74 Å². The van der Waals surface area contributed by atoms with Gasteiger partial charge in [0.05, 0.1) is 13.2 Å². The second-order valence-corrected chi connectivity index (χ2v) is 6.03. The number of carbonyl (C=O) groups excluding carboxylic acids is 3. The summed E-state index contributed by atoms with van der Waals surface area (Å²) in [5, 5.41) is 0. The molecular formula is C16H27N3O4. The minimum Gasteiger partial charge on any atom is -0.378 e. The molecule has 0 radical (unpaired) electrons. The summed E-state index contributed by atoms with van der Waals surface area (Å²) >= 11 is 0. The lowest BCUT2D eigenvalue weighted by atomic mass is 10.2. The molecule has 2 aliphatic rings. The first-order chi connectivity index (χ1) is 11.1. The molecule has 130 valence electrons. The van der Waals surface area contributed by atoms with Crippen LogP contribution in [0.3, 0.4) is 0 Å².